The molecule has 0 spiro atoms. The van der Waals surface area contributed by atoms with Gasteiger partial charge in [0.1, 0.15) is 24.4 Å². The minimum absolute atomic E-state index is 0.00430. The number of methoxy groups -OCH3 is 1. The summed E-state index contributed by atoms with van der Waals surface area (Å²) in [5.41, 5.74) is 9.48. The third kappa shape index (κ3) is 14.5. The zero-order valence-electron chi connectivity index (χ0n) is 34.2. The van der Waals surface area contributed by atoms with E-state index in [4.69, 9.17) is 31.5 Å². The first-order chi connectivity index (χ1) is 29.1. The van der Waals surface area contributed by atoms with Crippen LogP contribution < -0.4 is 31.7 Å². The van der Waals surface area contributed by atoms with Crippen LogP contribution in [0.5, 0.6) is 5.75 Å². The molecular weight excluding hydrogens is 788 g/mol. The Hall–Kier alpha value is -5.28. The Morgan fingerprint density at radius 2 is 1.58 bits per heavy atom. The lowest BCUT2D eigenvalue weighted by molar-refractivity contribution is -0.142. The first-order valence-electron chi connectivity index (χ1n) is 20.6. The maximum atomic E-state index is 14.6. The van der Waals surface area contributed by atoms with Crippen molar-refractivity contribution in [2.24, 2.45) is 5.73 Å². The molecular formula is C45H57ClN6O8. The summed E-state index contributed by atoms with van der Waals surface area (Å²) in [4.78, 5) is 70.4. The molecule has 3 aromatic rings. The molecule has 2 fully saturated rings. The molecule has 6 N–H and O–H groups in total. The lowest BCUT2D eigenvalue weighted by Crippen LogP contribution is -2.56. The summed E-state index contributed by atoms with van der Waals surface area (Å²) in [6.07, 6.45) is 4.24. The molecule has 0 aliphatic carbocycles. The van der Waals surface area contributed by atoms with E-state index in [1.54, 1.807) is 19.2 Å². The number of carbonyl (C=O) groups is 5. The molecule has 15 heteroatoms. The third-order valence-electron chi connectivity index (χ3n) is 10.6. The fraction of sp³-hybridized carbons (Fsp3) is 0.444. The normalized spacial score (nSPS) is 17.2. The van der Waals surface area contributed by atoms with Gasteiger partial charge in [0, 0.05) is 24.5 Å². The molecule has 14 nitrogen and oxygen atoms in total. The highest BCUT2D eigenvalue weighted by Gasteiger charge is 2.43. The second kappa shape index (κ2) is 24.1. The molecule has 4 atom stereocenters. The summed E-state index contributed by atoms with van der Waals surface area (Å²) in [6, 6.07) is 20.4. The van der Waals surface area contributed by atoms with Gasteiger partial charge in [-0.05, 0) is 106 Å². The number of nitrogens with zero attached hydrogens (tertiary/aromatic N) is 1. The van der Waals surface area contributed by atoms with E-state index < -0.39 is 53.8 Å². The van der Waals surface area contributed by atoms with E-state index in [0.717, 1.165) is 48.2 Å². The zero-order valence-corrected chi connectivity index (χ0v) is 34.9. The van der Waals surface area contributed by atoms with E-state index in [1.807, 2.05) is 72.8 Å². The number of carbonyl (C=O) groups excluding carboxylic acids is 5. The van der Waals surface area contributed by atoms with Gasteiger partial charge in [-0.3, -0.25) is 19.2 Å². The van der Waals surface area contributed by atoms with Crippen LogP contribution in [0.2, 0.25) is 5.02 Å². The number of alkyl carbamates (subject to hydrolysis) is 1. The van der Waals surface area contributed by atoms with Crippen LogP contribution in [0.4, 0.5) is 4.79 Å². The van der Waals surface area contributed by atoms with Crippen LogP contribution >= 0.6 is 11.6 Å². The van der Waals surface area contributed by atoms with Crippen molar-refractivity contribution in [1.29, 1.82) is 0 Å². The number of ether oxygens (including phenoxy) is 3. The molecule has 322 valence electrons. The summed E-state index contributed by atoms with van der Waals surface area (Å²) in [5.74, 6) is -2.03. The van der Waals surface area contributed by atoms with E-state index in [1.165, 1.54) is 4.90 Å². The number of ketones is 1. The molecule has 0 unspecified atom stereocenters. The first-order valence-corrected chi connectivity index (χ1v) is 21.0. The van der Waals surface area contributed by atoms with Gasteiger partial charge in [0.25, 0.3) is 5.91 Å². The van der Waals surface area contributed by atoms with Gasteiger partial charge in [0.2, 0.25) is 17.6 Å². The fourth-order valence-electron chi connectivity index (χ4n) is 7.16. The topological polar surface area (TPSA) is 190 Å². The number of nitrogens with two attached hydrogens (primary N) is 1. The highest BCUT2D eigenvalue weighted by atomic mass is 35.5. The predicted octanol–water partition coefficient (Wildman–Crippen LogP) is 4.37. The van der Waals surface area contributed by atoms with Crippen molar-refractivity contribution in [1.82, 2.24) is 26.2 Å². The Balaban J connectivity index is 1.33. The first kappa shape index (κ1) is 45.8. The molecule has 0 saturated carbocycles. The van der Waals surface area contributed by atoms with Crippen LogP contribution in [-0.4, -0.2) is 98.6 Å². The standard InChI is InChI=1S/C45H57ClN6O8/c1-58-36-17-12-31(13-18-36)22-26-49-43(55)41(53)38(9-5-6-23-47)50-42(54)40-27-37(59-29-34-10-15-35(46)16-11-34)28-52(40)44(56)39(19-14-32-20-24-48-25-21-32)51-45(57)60-30-33-7-3-2-4-8-33/h2-4,7-8,10-18,37-40,48H,5-6,9,19-30,47H2,1H3,(H,49,55)(H,50,54)(H,51,57)/t37-,38+,39-,40+/m1/s1. The van der Waals surface area contributed by atoms with E-state index in [2.05, 4.69) is 21.3 Å². The number of Topliss-reactive ketones (excluding diaryl/α,β-unsaturated/α-hetero) is 1. The number of amides is 4. The number of unbranched alkanes of at least 4 members (excludes halogenated alkanes) is 1. The summed E-state index contributed by atoms with van der Waals surface area (Å²) < 4.78 is 17.0. The average Bonchev–Trinajstić information content (AvgIpc) is 3.71. The average molecular weight is 845 g/mol. The second-order valence-electron chi connectivity index (χ2n) is 15.0. The molecule has 0 aromatic heterocycles. The Bertz CT molecular complexity index is 1890. The SMILES string of the molecule is COc1ccc(CCNC(=O)C(=O)[C@H](CCCCN)NC(=O)[C@@H]2C[C@@H](OCc3ccc(Cl)cc3)CN2C(=O)[C@@H](CC=C2CCNCC2)NC(=O)OCc2ccccc2)cc1. The maximum absolute atomic E-state index is 14.6. The molecule has 0 bridgehead atoms. The van der Waals surface area contributed by atoms with Crippen molar-refractivity contribution in [3.8, 4) is 5.75 Å². The van der Waals surface area contributed by atoms with E-state index in [-0.39, 0.29) is 45.6 Å². The summed E-state index contributed by atoms with van der Waals surface area (Å²) in [5, 5.41) is 12.2. The van der Waals surface area contributed by atoms with Crippen molar-refractivity contribution >= 4 is 41.2 Å². The molecule has 2 heterocycles. The fourth-order valence-corrected chi connectivity index (χ4v) is 7.28. The minimum atomic E-state index is -1.16. The highest BCUT2D eigenvalue weighted by Crippen LogP contribution is 2.25. The molecule has 2 aliphatic rings. The molecule has 2 aliphatic heterocycles. The molecule has 5 rings (SSSR count). The van der Waals surface area contributed by atoms with Gasteiger partial charge in [-0.25, -0.2) is 4.79 Å². The number of rotatable bonds is 21. The number of benzene rings is 3. The van der Waals surface area contributed by atoms with Crippen molar-refractivity contribution in [3.05, 3.63) is 112 Å². The number of hydrogen-bond acceptors (Lipinski definition) is 10. The van der Waals surface area contributed by atoms with Crippen LogP contribution in [0.25, 0.3) is 0 Å². The van der Waals surface area contributed by atoms with E-state index >= 15 is 0 Å². The summed E-state index contributed by atoms with van der Waals surface area (Å²) in [6.45, 7) is 2.43. The molecule has 3 aromatic carbocycles. The lowest BCUT2D eigenvalue weighted by atomic mass is 10.0. The number of hydrogen-bond donors (Lipinski definition) is 5. The van der Waals surface area contributed by atoms with Crippen LogP contribution in [0.15, 0.2) is 90.5 Å². The van der Waals surface area contributed by atoms with Gasteiger partial charge < -0.3 is 46.1 Å². The minimum Gasteiger partial charge on any atom is -0.497 e. The van der Waals surface area contributed by atoms with Gasteiger partial charge in [-0.1, -0.05) is 77.8 Å². The van der Waals surface area contributed by atoms with Crippen molar-refractivity contribution in [3.63, 3.8) is 0 Å². The number of nitrogens with one attached hydrogen (secondary N) is 4. The van der Waals surface area contributed by atoms with Gasteiger partial charge in [-0.15, -0.1) is 0 Å². The number of piperidine rings is 1. The van der Waals surface area contributed by atoms with Crippen LogP contribution in [0.3, 0.4) is 0 Å². The maximum Gasteiger partial charge on any atom is 0.408 e. The third-order valence-corrected chi connectivity index (χ3v) is 10.9. The van der Waals surface area contributed by atoms with Crippen molar-refractivity contribution in [2.75, 3.05) is 39.8 Å². The Morgan fingerprint density at radius 3 is 2.28 bits per heavy atom. The van der Waals surface area contributed by atoms with E-state index in [9.17, 15) is 24.0 Å². The number of halogens is 1. The number of likely N-dealkylation sites (tertiary alicyclic amines) is 1. The van der Waals surface area contributed by atoms with Gasteiger partial charge in [0.15, 0.2) is 0 Å². The summed E-state index contributed by atoms with van der Waals surface area (Å²) in [7, 11) is 1.58. The highest BCUT2D eigenvalue weighted by molar-refractivity contribution is 6.38. The molecule has 60 heavy (non-hydrogen) atoms. The molecule has 4 amide bonds. The van der Waals surface area contributed by atoms with Crippen molar-refractivity contribution < 1.29 is 38.2 Å². The smallest absolute Gasteiger partial charge is 0.408 e. The Kier molecular flexibility index (Phi) is 18.4. The van der Waals surface area contributed by atoms with Crippen molar-refractivity contribution in [2.45, 2.75) is 88.8 Å². The predicted molar refractivity (Wildman–Crippen MR) is 228 cm³/mol. The lowest BCUT2D eigenvalue weighted by Gasteiger charge is -2.29. The largest absolute Gasteiger partial charge is 0.497 e. The zero-order chi connectivity index (χ0) is 42.7. The van der Waals surface area contributed by atoms with Crippen LogP contribution in [0, 0.1) is 0 Å². The monoisotopic (exact) mass is 844 g/mol. The second-order valence-corrected chi connectivity index (χ2v) is 15.4. The van der Waals surface area contributed by atoms with Gasteiger partial charge in [-0.2, -0.15) is 0 Å². The van der Waals surface area contributed by atoms with Gasteiger partial charge in [0.05, 0.1) is 25.9 Å². The van der Waals surface area contributed by atoms with E-state index in [0.29, 0.717) is 36.6 Å². The quantitative estimate of drug-likeness (QED) is 0.0585. The van der Waals surface area contributed by atoms with Crippen LogP contribution in [-0.2, 0) is 48.3 Å². The molecule has 2 saturated heterocycles. The molecule has 0 radical (unpaired) electrons. The Morgan fingerprint density at radius 1 is 0.883 bits per heavy atom. The van der Waals surface area contributed by atoms with Gasteiger partial charge >= 0.3 is 6.09 Å². The Labute approximate surface area is 356 Å². The summed E-state index contributed by atoms with van der Waals surface area (Å²) >= 11 is 6.09. The van der Waals surface area contributed by atoms with Crippen LogP contribution in [0.1, 0.15) is 61.6 Å².